The molecule has 1 N–H and O–H groups in total. The zero-order valence-electron chi connectivity index (χ0n) is 15.5. The lowest BCUT2D eigenvalue weighted by atomic mass is 10.0. The predicted molar refractivity (Wildman–Crippen MR) is 110 cm³/mol. The number of hydrogen-bond donors (Lipinski definition) is 1. The van der Waals surface area contributed by atoms with Gasteiger partial charge in [0.1, 0.15) is 0 Å². The summed E-state index contributed by atoms with van der Waals surface area (Å²) in [5.41, 5.74) is 5.17. The lowest BCUT2D eigenvalue weighted by molar-refractivity contribution is 0.102. The van der Waals surface area contributed by atoms with E-state index >= 15 is 0 Å². The monoisotopic (exact) mass is 376 g/mol. The quantitative estimate of drug-likeness (QED) is 0.554. The van der Waals surface area contributed by atoms with Crippen LogP contribution in [0.3, 0.4) is 0 Å². The molecule has 5 rings (SSSR count). The van der Waals surface area contributed by atoms with Gasteiger partial charge in [-0.3, -0.25) is 14.8 Å². The van der Waals surface area contributed by atoms with Crippen LogP contribution >= 0.6 is 11.3 Å². The van der Waals surface area contributed by atoms with Gasteiger partial charge >= 0.3 is 0 Å². The minimum absolute atomic E-state index is 0.214. The summed E-state index contributed by atoms with van der Waals surface area (Å²) >= 11 is 1.53. The highest BCUT2D eigenvalue weighted by Crippen LogP contribution is 2.39. The molecule has 1 amide bonds. The molecule has 2 aromatic heterocycles. The Morgan fingerprint density at radius 1 is 1.22 bits per heavy atom. The highest BCUT2D eigenvalue weighted by Gasteiger charge is 2.20. The van der Waals surface area contributed by atoms with E-state index in [1.807, 2.05) is 17.7 Å². The zero-order chi connectivity index (χ0) is 18.7. The number of hydrogen-bond acceptors (Lipinski definition) is 4. The van der Waals surface area contributed by atoms with Gasteiger partial charge in [-0.05, 0) is 62.3 Å². The van der Waals surface area contributed by atoms with Crippen molar-refractivity contribution in [2.75, 3.05) is 5.32 Å². The highest BCUT2D eigenvalue weighted by atomic mass is 32.1. The summed E-state index contributed by atoms with van der Waals surface area (Å²) < 4.78 is 2.98. The number of benzene rings is 2. The van der Waals surface area contributed by atoms with Crippen molar-refractivity contribution in [1.82, 2.24) is 14.8 Å². The van der Waals surface area contributed by atoms with Crippen LogP contribution < -0.4 is 5.32 Å². The van der Waals surface area contributed by atoms with Crippen LogP contribution in [-0.4, -0.2) is 20.7 Å². The van der Waals surface area contributed by atoms with E-state index in [4.69, 9.17) is 4.98 Å². The van der Waals surface area contributed by atoms with E-state index in [1.165, 1.54) is 33.2 Å². The average Bonchev–Trinajstić information content (AvgIpc) is 3.33. The molecule has 4 aromatic rings. The topological polar surface area (TPSA) is 59.8 Å². The molecule has 0 aliphatic heterocycles. The maximum absolute atomic E-state index is 12.7. The molecule has 0 atom stereocenters. The molecule has 27 heavy (non-hydrogen) atoms. The summed E-state index contributed by atoms with van der Waals surface area (Å²) in [7, 11) is 0. The first-order valence-corrected chi connectivity index (χ1v) is 10.0. The first-order valence-electron chi connectivity index (χ1n) is 9.23. The fraction of sp³-hybridized carbons (Fsp3) is 0.286. The van der Waals surface area contributed by atoms with Crippen LogP contribution in [0, 0.1) is 6.92 Å². The fourth-order valence-corrected chi connectivity index (χ4v) is 4.98. The molecule has 0 radical (unpaired) electrons. The van der Waals surface area contributed by atoms with Crippen molar-refractivity contribution in [2.45, 2.75) is 39.7 Å². The molecule has 0 bridgehead atoms. The van der Waals surface area contributed by atoms with Gasteiger partial charge in [-0.1, -0.05) is 29.5 Å². The van der Waals surface area contributed by atoms with Gasteiger partial charge in [-0.2, -0.15) is 5.10 Å². The molecule has 1 aliphatic rings. The maximum atomic E-state index is 12.7. The number of nitrogens with zero attached hydrogens (tertiary/aromatic N) is 3. The van der Waals surface area contributed by atoms with Crippen LogP contribution in [0.15, 0.2) is 30.3 Å². The highest BCUT2D eigenvalue weighted by molar-refractivity contribution is 7.22. The minimum Gasteiger partial charge on any atom is -0.296 e. The van der Waals surface area contributed by atoms with Gasteiger partial charge < -0.3 is 0 Å². The van der Waals surface area contributed by atoms with Crippen molar-refractivity contribution in [3.63, 3.8) is 0 Å². The predicted octanol–water partition coefficient (Wildman–Crippen LogP) is 4.89. The number of anilines is 1. The van der Waals surface area contributed by atoms with E-state index in [-0.39, 0.29) is 11.9 Å². The zero-order valence-corrected chi connectivity index (χ0v) is 16.4. The smallest absolute Gasteiger partial charge is 0.277 e. The Hall–Kier alpha value is -2.73. The van der Waals surface area contributed by atoms with Crippen LogP contribution in [0.25, 0.3) is 21.0 Å². The molecule has 1 aliphatic carbocycles. The number of rotatable bonds is 3. The van der Waals surface area contributed by atoms with E-state index in [1.54, 1.807) is 0 Å². The normalized spacial score (nSPS) is 13.2. The molecule has 0 unspecified atom stereocenters. The Labute approximate surface area is 161 Å². The molecule has 0 fully saturated rings. The third kappa shape index (κ3) is 2.55. The molecule has 6 heteroatoms. The van der Waals surface area contributed by atoms with Gasteiger partial charge in [0.2, 0.25) is 0 Å². The van der Waals surface area contributed by atoms with E-state index in [0.29, 0.717) is 10.8 Å². The molecule has 0 spiro atoms. The summed E-state index contributed by atoms with van der Waals surface area (Å²) in [6.45, 7) is 6.07. The number of carbonyl (C=O) groups is 1. The second kappa shape index (κ2) is 5.89. The van der Waals surface area contributed by atoms with E-state index < -0.39 is 0 Å². The van der Waals surface area contributed by atoms with Gasteiger partial charge in [0.05, 0.1) is 10.2 Å². The summed E-state index contributed by atoms with van der Waals surface area (Å²) in [5.74, 6) is -0.214. The van der Waals surface area contributed by atoms with Crippen LogP contribution in [0.4, 0.5) is 5.13 Å². The standard InChI is InChI=1S/C21H20N4OS/c1-11(2)25-12(3)9-16(24-25)20(26)23-21-22-19-15-6-4-5-13-7-8-14(18(13)15)10-17(19)27-21/h4-6,9-11H,7-8H2,1-3H3,(H,22,23,26). The Kier molecular flexibility index (Phi) is 3.59. The average molecular weight is 376 g/mol. The molecule has 0 saturated heterocycles. The molecule has 5 nitrogen and oxygen atoms in total. The molecule has 2 heterocycles. The number of amides is 1. The molecule has 136 valence electrons. The number of thiazole rings is 1. The van der Waals surface area contributed by atoms with E-state index in [0.717, 1.165) is 28.8 Å². The number of nitrogens with one attached hydrogen (secondary N) is 1. The van der Waals surface area contributed by atoms with Crippen LogP contribution in [0.5, 0.6) is 0 Å². The van der Waals surface area contributed by atoms with Crippen LogP contribution in [0.2, 0.25) is 0 Å². The van der Waals surface area contributed by atoms with Crippen molar-refractivity contribution in [3.8, 4) is 0 Å². The summed E-state index contributed by atoms with van der Waals surface area (Å²) in [6, 6.07) is 10.7. The molecular weight excluding hydrogens is 356 g/mol. The van der Waals surface area contributed by atoms with Gasteiger partial charge in [-0.15, -0.1) is 0 Å². The Balaban J connectivity index is 1.53. The lowest BCUT2D eigenvalue weighted by Gasteiger charge is -2.06. The molecule has 2 aromatic carbocycles. The number of fused-ring (bicyclic) bond motifs is 2. The van der Waals surface area contributed by atoms with Crippen LogP contribution in [-0.2, 0) is 12.8 Å². The van der Waals surface area contributed by atoms with Crippen molar-refractivity contribution < 1.29 is 4.79 Å². The van der Waals surface area contributed by atoms with Gasteiger partial charge in [0, 0.05) is 17.1 Å². The van der Waals surface area contributed by atoms with Crippen molar-refractivity contribution in [3.05, 3.63) is 52.8 Å². The Bertz CT molecular complexity index is 1220. The van der Waals surface area contributed by atoms with E-state index in [9.17, 15) is 4.79 Å². The summed E-state index contributed by atoms with van der Waals surface area (Å²) in [5, 5.41) is 10.5. The minimum atomic E-state index is -0.214. The van der Waals surface area contributed by atoms with Gasteiger partial charge in [0.25, 0.3) is 5.91 Å². The maximum Gasteiger partial charge on any atom is 0.277 e. The molecule has 0 saturated carbocycles. The van der Waals surface area contributed by atoms with Gasteiger partial charge in [0.15, 0.2) is 10.8 Å². The van der Waals surface area contributed by atoms with Crippen molar-refractivity contribution in [2.24, 2.45) is 0 Å². The number of aromatic nitrogens is 3. The summed E-state index contributed by atoms with van der Waals surface area (Å²) in [4.78, 5) is 17.4. The van der Waals surface area contributed by atoms with Crippen LogP contribution in [0.1, 0.15) is 47.2 Å². The van der Waals surface area contributed by atoms with Gasteiger partial charge in [-0.25, -0.2) is 4.98 Å². The second-order valence-electron chi connectivity index (χ2n) is 7.40. The first-order chi connectivity index (χ1) is 13.0. The van der Waals surface area contributed by atoms with Crippen molar-refractivity contribution >= 4 is 43.4 Å². The van der Waals surface area contributed by atoms with Crippen molar-refractivity contribution in [1.29, 1.82) is 0 Å². The second-order valence-corrected chi connectivity index (χ2v) is 8.44. The lowest BCUT2D eigenvalue weighted by Crippen LogP contribution is -2.13. The van der Waals surface area contributed by atoms with E-state index in [2.05, 4.69) is 48.5 Å². The Morgan fingerprint density at radius 3 is 2.81 bits per heavy atom. The fourth-order valence-electron chi connectivity index (χ4n) is 4.04. The number of aryl methyl sites for hydroxylation is 3. The largest absolute Gasteiger partial charge is 0.296 e. The number of carbonyl (C=O) groups excluding carboxylic acids is 1. The summed E-state index contributed by atoms with van der Waals surface area (Å²) in [6.07, 6.45) is 2.18. The third-order valence-corrected chi connectivity index (χ3v) is 6.13. The molecular formula is C21H20N4OS. The SMILES string of the molecule is Cc1cc(C(=O)Nc2nc3c(cc4c5c(cccc53)CC4)s2)nn1C(C)C. The third-order valence-electron chi connectivity index (χ3n) is 5.21. The Morgan fingerprint density at radius 2 is 2.04 bits per heavy atom. The first kappa shape index (κ1) is 16.4.